The molecule has 0 bridgehead atoms. The Morgan fingerprint density at radius 3 is 1.22 bits per heavy atom. The van der Waals surface area contributed by atoms with E-state index < -0.39 is 0 Å². The first-order valence-corrected chi connectivity index (χ1v) is 11.1. The van der Waals surface area contributed by atoms with Crippen LogP contribution in [0.15, 0.2) is 0 Å². The van der Waals surface area contributed by atoms with Crippen LogP contribution in [0, 0.1) is 0 Å². The first kappa shape index (κ1) is 23.5. The molecule has 0 amide bonds. The van der Waals surface area contributed by atoms with Gasteiger partial charge in [0, 0.05) is 25.9 Å². The van der Waals surface area contributed by atoms with Crippen molar-refractivity contribution in [1.82, 2.24) is 5.32 Å². The molecule has 0 aromatic heterocycles. The Morgan fingerprint density at radius 1 is 0.652 bits per heavy atom. The highest BCUT2D eigenvalue weighted by atomic mass is 32.2. The zero-order valence-electron chi connectivity index (χ0n) is 15.8. The molecule has 0 saturated carbocycles. The number of hydrogen-bond acceptors (Lipinski definition) is 5. The summed E-state index contributed by atoms with van der Waals surface area (Å²) in [4.78, 5) is 0. The number of rotatable bonds is 16. The van der Waals surface area contributed by atoms with E-state index in [-0.39, 0.29) is 22.9 Å². The first-order valence-electron chi connectivity index (χ1n) is 8.80. The first-order chi connectivity index (χ1) is 11.1. The Bertz CT molecular complexity index is 226. The Kier molecular flexibility index (Phi) is 16.3. The van der Waals surface area contributed by atoms with Gasteiger partial charge in [-0.1, -0.05) is 0 Å². The van der Waals surface area contributed by atoms with Crippen LogP contribution in [0.25, 0.3) is 0 Å². The molecule has 0 heterocycles. The summed E-state index contributed by atoms with van der Waals surface area (Å²) in [6.45, 7) is 17.2. The van der Waals surface area contributed by atoms with Crippen LogP contribution >= 0.6 is 0 Å². The lowest BCUT2D eigenvalue weighted by Crippen LogP contribution is -2.31. The average molecular weight is 372 g/mol. The minimum atomic E-state index is -0.375. The van der Waals surface area contributed by atoms with Crippen LogP contribution in [-0.4, -0.2) is 50.0 Å². The van der Waals surface area contributed by atoms with Gasteiger partial charge in [-0.25, -0.2) is 0 Å². The van der Waals surface area contributed by atoms with E-state index in [9.17, 15) is 0 Å². The molecule has 0 saturated heterocycles. The van der Waals surface area contributed by atoms with E-state index in [1.54, 1.807) is 0 Å². The van der Waals surface area contributed by atoms with Gasteiger partial charge in [-0.2, -0.15) is 0 Å². The van der Waals surface area contributed by atoms with Gasteiger partial charge in [0.05, 0.1) is 0 Å². The van der Waals surface area contributed by atoms with Gasteiger partial charge < -0.3 is 5.32 Å². The molecule has 2 atom stereocenters. The molecule has 5 nitrogen and oxygen atoms in total. The lowest BCUT2D eigenvalue weighted by molar-refractivity contribution is 0.278. The summed E-state index contributed by atoms with van der Waals surface area (Å²) in [5.74, 6) is 0. The minimum absolute atomic E-state index is 0.375. The monoisotopic (exact) mass is 371 g/mol. The Hall–Kier alpha value is 0.500. The van der Waals surface area contributed by atoms with Crippen molar-refractivity contribution < 1.29 is 16.7 Å². The van der Waals surface area contributed by atoms with Crippen LogP contribution in [-0.2, 0) is 39.6 Å². The molecule has 0 radical (unpaired) electrons. The molecule has 140 valence electrons. The molecule has 1 N–H and O–H groups in total. The molecular weight excluding hydrogens is 334 g/mol. The smallest absolute Gasteiger partial charge is 0.316 e. The predicted molar refractivity (Wildman–Crippen MR) is 102 cm³/mol. The van der Waals surface area contributed by atoms with Gasteiger partial charge in [-0.15, -0.1) is 16.7 Å². The summed E-state index contributed by atoms with van der Waals surface area (Å²) in [5, 5.41) is 4.35. The fraction of sp³-hybridized carbons (Fsp3) is 1.00. The van der Waals surface area contributed by atoms with Crippen molar-refractivity contribution in [3.05, 3.63) is 0 Å². The van der Waals surface area contributed by atoms with Crippen molar-refractivity contribution in [2.75, 3.05) is 39.5 Å². The van der Waals surface area contributed by atoms with E-state index in [2.05, 4.69) is 19.2 Å². The highest BCUT2D eigenvalue weighted by Gasteiger charge is 2.32. The fourth-order valence-electron chi connectivity index (χ4n) is 1.93. The van der Waals surface area contributed by atoms with E-state index >= 15 is 0 Å². The molecule has 0 rings (SSSR count). The van der Waals surface area contributed by atoms with Crippen LogP contribution in [0.5, 0.6) is 0 Å². The lowest BCUT2D eigenvalue weighted by Gasteiger charge is -2.12. The SMILES string of the molecule is CCO[S+](OCC)C(C)CCNCCC(C)[S+](OCC)OCC. The summed E-state index contributed by atoms with van der Waals surface area (Å²) in [6, 6.07) is 0. The second-order valence-corrected chi connectivity index (χ2v) is 8.69. The van der Waals surface area contributed by atoms with Crippen LogP contribution in [0.4, 0.5) is 0 Å². The third kappa shape index (κ3) is 11.6. The maximum Gasteiger partial charge on any atom is 0.317 e. The summed E-state index contributed by atoms with van der Waals surface area (Å²) in [6.07, 6.45) is 2.11. The van der Waals surface area contributed by atoms with Crippen molar-refractivity contribution >= 4 is 22.9 Å². The van der Waals surface area contributed by atoms with E-state index in [1.165, 1.54) is 0 Å². The maximum atomic E-state index is 5.67. The quantitative estimate of drug-likeness (QED) is 0.334. The van der Waals surface area contributed by atoms with Crippen molar-refractivity contribution in [2.45, 2.75) is 64.9 Å². The van der Waals surface area contributed by atoms with Gasteiger partial charge in [0.2, 0.25) is 0 Å². The molecule has 23 heavy (non-hydrogen) atoms. The third-order valence-electron chi connectivity index (χ3n) is 3.05. The highest BCUT2D eigenvalue weighted by Crippen LogP contribution is 2.14. The molecule has 0 spiro atoms. The highest BCUT2D eigenvalue weighted by molar-refractivity contribution is 7.88. The predicted octanol–water partition coefficient (Wildman–Crippen LogP) is 3.18. The zero-order chi connectivity index (χ0) is 17.5. The summed E-state index contributed by atoms with van der Waals surface area (Å²) in [7, 11) is 0. The van der Waals surface area contributed by atoms with Gasteiger partial charge in [-0.05, 0) is 41.5 Å². The van der Waals surface area contributed by atoms with Crippen molar-refractivity contribution in [3.63, 3.8) is 0 Å². The van der Waals surface area contributed by atoms with E-state index in [4.69, 9.17) is 16.7 Å². The second-order valence-electron chi connectivity index (χ2n) is 5.10. The topological polar surface area (TPSA) is 49.0 Å². The van der Waals surface area contributed by atoms with Gasteiger partial charge in [0.25, 0.3) is 0 Å². The molecule has 2 unspecified atom stereocenters. The zero-order valence-corrected chi connectivity index (χ0v) is 17.4. The van der Waals surface area contributed by atoms with E-state index in [0.29, 0.717) is 36.9 Å². The summed E-state index contributed by atoms with van der Waals surface area (Å²) < 4.78 is 22.7. The van der Waals surface area contributed by atoms with Crippen LogP contribution in [0.2, 0.25) is 0 Å². The van der Waals surface area contributed by atoms with Crippen molar-refractivity contribution in [1.29, 1.82) is 0 Å². The largest absolute Gasteiger partial charge is 0.317 e. The second kappa shape index (κ2) is 16.0. The maximum absolute atomic E-state index is 5.67. The molecule has 0 aliphatic rings. The van der Waals surface area contributed by atoms with Gasteiger partial charge in [0.1, 0.15) is 26.4 Å². The summed E-state index contributed by atoms with van der Waals surface area (Å²) in [5.41, 5.74) is 0. The normalized spacial score (nSPS) is 14.6. The van der Waals surface area contributed by atoms with Gasteiger partial charge in [-0.3, -0.25) is 0 Å². The van der Waals surface area contributed by atoms with Crippen molar-refractivity contribution in [3.8, 4) is 0 Å². The van der Waals surface area contributed by atoms with Gasteiger partial charge >= 0.3 is 22.9 Å². The van der Waals surface area contributed by atoms with Crippen LogP contribution in [0.1, 0.15) is 54.4 Å². The number of hydrogen-bond donors (Lipinski definition) is 1. The Morgan fingerprint density at radius 2 is 0.957 bits per heavy atom. The molecular formula is C16H37NO4S2+2. The summed E-state index contributed by atoms with van der Waals surface area (Å²) >= 11 is -0.750. The molecule has 0 aromatic rings. The molecule has 0 aromatic carbocycles. The number of nitrogens with one attached hydrogen (secondary N) is 1. The Labute approximate surface area is 149 Å². The fourth-order valence-corrected chi connectivity index (χ4v) is 4.54. The van der Waals surface area contributed by atoms with Crippen molar-refractivity contribution in [2.24, 2.45) is 0 Å². The van der Waals surface area contributed by atoms with E-state index in [0.717, 1.165) is 25.9 Å². The minimum Gasteiger partial charge on any atom is -0.316 e. The Balaban J connectivity index is 3.88. The third-order valence-corrected chi connectivity index (χ3v) is 6.71. The van der Waals surface area contributed by atoms with Gasteiger partial charge in [0.15, 0.2) is 10.5 Å². The molecule has 0 aliphatic heterocycles. The standard InChI is InChI=1S/C16H37NO4S2/c1-7-18-22(19-8-2)15(5)11-13-17-14-12-16(6)23(20-9-3)21-10-4/h15-17H,7-14H2,1-6H3/q+2. The van der Waals surface area contributed by atoms with Crippen LogP contribution < -0.4 is 5.32 Å². The molecule has 0 fully saturated rings. The molecule has 0 aliphatic carbocycles. The molecule has 7 heteroatoms. The van der Waals surface area contributed by atoms with Crippen LogP contribution in [0.3, 0.4) is 0 Å². The average Bonchev–Trinajstić information content (AvgIpc) is 2.53. The lowest BCUT2D eigenvalue weighted by atomic mass is 10.3. The van der Waals surface area contributed by atoms with E-state index in [1.807, 2.05) is 27.7 Å².